The van der Waals surface area contributed by atoms with Crippen LogP contribution in [0.15, 0.2) is 30.3 Å². The Morgan fingerprint density at radius 2 is 1.86 bits per heavy atom. The van der Waals surface area contributed by atoms with Crippen LogP contribution in [0.1, 0.15) is 32.8 Å². The van der Waals surface area contributed by atoms with Gasteiger partial charge in [-0.1, -0.05) is 51.1 Å². The van der Waals surface area contributed by atoms with Crippen molar-refractivity contribution in [2.24, 2.45) is 5.92 Å². The van der Waals surface area contributed by atoms with E-state index in [0.717, 1.165) is 25.1 Å². The molecule has 0 aliphatic carbocycles. The van der Waals surface area contributed by atoms with E-state index in [4.69, 9.17) is 9.47 Å². The summed E-state index contributed by atoms with van der Waals surface area (Å²) < 4.78 is 11.0. The first-order valence-corrected chi connectivity index (χ1v) is 8.04. The van der Waals surface area contributed by atoms with Crippen LogP contribution in [0.5, 0.6) is 0 Å². The molecule has 1 aromatic carbocycles. The molecule has 0 saturated heterocycles. The highest BCUT2D eigenvalue weighted by Gasteiger charge is 2.27. The Labute approximate surface area is 134 Å². The molecule has 0 aromatic heterocycles. The van der Waals surface area contributed by atoms with Crippen LogP contribution >= 0.6 is 0 Å². The third kappa shape index (κ3) is 6.58. The minimum atomic E-state index is -0.242. The molecule has 0 fully saturated rings. The van der Waals surface area contributed by atoms with E-state index in [9.17, 15) is 4.79 Å². The number of carbonyl (C=O) groups excluding carboxylic acids is 1. The minimum absolute atomic E-state index is 0.170. The first kappa shape index (κ1) is 18.7. The second kappa shape index (κ2) is 10.4. The number of ether oxygens (including phenoxy) is 2. The Bertz CT molecular complexity index is 420. The van der Waals surface area contributed by atoms with E-state index in [1.165, 1.54) is 0 Å². The summed E-state index contributed by atoms with van der Waals surface area (Å²) in [6.45, 7) is 8.61. The fourth-order valence-corrected chi connectivity index (χ4v) is 2.37. The van der Waals surface area contributed by atoms with Gasteiger partial charge in [0.05, 0.1) is 6.61 Å². The van der Waals surface area contributed by atoms with Gasteiger partial charge in [-0.3, -0.25) is 9.69 Å². The molecule has 0 radical (unpaired) electrons. The normalized spacial score (nSPS) is 12.6. The zero-order valence-electron chi connectivity index (χ0n) is 14.2. The summed E-state index contributed by atoms with van der Waals surface area (Å²) in [6.07, 6.45) is 1.01. The van der Waals surface area contributed by atoms with Gasteiger partial charge in [0.1, 0.15) is 12.6 Å². The summed E-state index contributed by atoms with van der Waals surface area (Å²) in [6, 6.07) is 9.52. The van der Waals surface area contributed by atoms with Gasteiger partial charge < -0.3 is 9.47 Å². The zero-order valence-corrected chi connectivity index (χ0v) is 14.2. The van der Waals surface area contributed by atoms with E-state index in [2.05, 4.69) is 6.92 Å². The van der Waals surface area contributed by atoms with Gasteiger partial charge in [0, 0.05) is 13.2 Å². The third-order valence-electron chi connectivity index (χ3n) is 3.51. The smallest absolute Gasteiger partial charge is 0.323 e. The molecule has 0 aliphatic heterocycles. The molecule has 0 heterocycles. The maximum atomic E-state index is 12.4. The van der Waals surface area contributed by atoms with Crippen molar-refractivity contribution in [1.29, 1.82) is 0 Å². The van der Waals surface area contributed by atoms with E-state index >= 15 is 0 Å². The summed E-state index contributed by atoms with van der Waals surface area (Å²) in [5, 5.41) is 0. The highest BCUT2D eigenvalue weighted by molar-refractivity contribution is 5.76. The van der Waals surface area contributed by atoms with Crippen molar-refractivity contribution in [3.63, 3.8) is 0 Å². The third-order valence-corrected chi connectivity index (χ3v) is 3.51. The minimum Gasteiger partial charge on any atom is -0.460 e. The molecule has 1 aromatic rings. The maximum absolute atomic E-state index is 12.4. The summed E-state index contributed by atoms with van der Waals surface area (Å²) in [4.78, 5) is 14.4. The average molecular weight is 307 g/mol. The number of carbonyl (C=O) groups is 1. The standard InChI is InChI=1S/C18H29NO3/c1-5-12-21-13-11-19(4)17(15(2)3)18(20)22-14-16-9-7-6-8-10-16/h6-10,15,17H,5,11-14H2,1-4H3. The van der Waals surface area contributed by atoms with Crippen LogP contribution in [0.2, 0.25) is 0 Å². The van der Waals surface area contributed by atoms with Gasteiger partial charge in [0.25, 0.3) is 0 Å². The van der Waals surface area contributed by atoms with Gasteiger partial charge in [-0.05, 0) is 24.9 Å². The van der Waals surface area contributed by atoms with Crippen molar-refractivity contribution in [3.8, 4) is 0 Å². The maximum Gasteiger partial charge on any atom is 0.323 e. The summed E-state index contributed by atoms with van der Waals surface area (Å²) >= 11 is 0. The molecule has 0 N–H and O–H groups in total. The second-order valence-corrected chi connectivity index (χ2v) is 5.88. The van der Waals surface area contributed by atoms with Crippen molar-refractivity contribution < 1.29 is 14.3 Å². The highest BCUT2D eigenvalue weighted by Crippen LogP contribution is 2.12. The molecule has 0 bridgehead atoms. The van der Waals surface area contributed by atoms with E-state index in [-0.39, 0.29) is 17.9 Å². The van der Waals surface area contributed by atoms with Crippen molar-refractivity contribution in [2.75, 3.05) is 26.8 Å². The van der Waals surface area contributed by atoms with Gasteiger partial charge in [-0.2, -0.15) is 0 Å². The SMILES string of the molecule is CCCOCCN(C)C(C(=O)OCc1ccccc1)C(C)C. The molecule has 0 aliphatic rings. The molecular formula is C18H29NO3. The molecule has 1 unspecified atom stereocenters. The lowest BCUT2D eigenvalue weighted by Gasteiger charge is -2.29. The molecule has 124 valence electrons. The van der Waals surface area contributed by atoms with E-state index < -0.39 is 0 Å². The van der Waals surface area contributed by atoms with Crippen LogP contribution in [-0.2, 0) is 20.9 Å². The van der Waals surface area contributed by atoms with E-state index in [0.29, 0.717) is 13.2 Å². The van der Waals surface area contributed by atoms with Gasteiger partial charge in [-0.25, -0.2) is 0 Å². The number of hydrogen-bond acceptors (Lipinski definition) is 4. The van der Waals surface area contributed by atoms with Crippen LogP contribution in [0.25, 0.3) is 0 Å². The Kier molecular flexibility index (Phi) is 8.78. The molecule has 1 rings (SSSR count). The number of hydrogen-bond donors (Lipinski definition) is 0. The molecule has 1 atom stereocenters. The number of nitrogens with zero attached hydrogens (tertiary/aromatic N) is 1. The molecule has 0 spiro atoms. The average Bonchev–Trinajstić information content (AvgIpc) is 2.50. The first-order chi connectivity index (χ1) is 10.6. The zero-order chi connectivity index (χ0) is 16.4. The van der Waals surface area contributed by atoms with Crippen molar-refractivity contribution in [1.82, 2.24) is 4.90 Å². The van der Waals surface area contributed by atoms with Crippen LogP contribution in [0.4, 0.5) is 0 Å². The lowest BCUT2D eigenvalue weighted by Crippen LogP contribution is -2.44. The molecule has 22 heavy (non-hydrogen) atoms. The summed E-state index contributed by atoms with van der Waals surface area (Å²) in [5.74, 6) is 0.0243. The summed E-state index contributed by atoms with van der Waals surface area (Å²) in [7, 11) is 1.95. The topological polar surface area (TPSA) is 38.8 Å². The fraction of sp³-hybridized carbons (Fsp3) is 0.611. The van der Waals surface area contributed by atoms with Crippen LogP contribution in [-0.4, -0.2) is 43.7 Å². The Balaban J connectivity index is 2.48. The molecule has 0 amide bonds. The Morgan fingerprint density at radius 3 is 2.45 bits per heavy atom. The van der Waals surface area contributed by atoms with Crippen LogP contribution in [0, 0.1) is 5.92 Å². The molecule has 4 nitrogen and oxygen atoms in total. The van der Waals surface area contributed by atoms with Crippen molar-refractivity contribution in [2.45, 2.75) is 39.8 Å². The summed E-state index contributed by atoms with van der Waals surface area (Å²) in [5.41, 5.74) is 1.01. The number of benzene rings is 1. The largest absolute Gasteiger partial charge is 0.460 e. The first-order valence-electron chi connectivity index (χ1n) is 8.04. The highest BCUT2D eigenvalue weighted by atomic mass is 16.5. The Morgan fingerprint density at radius 1 is 1.18 bits per heavy atom. The monoisotopic (exact) mass is 307 g/mol. The lowest BCUT2D eigenvalue weighted by molar-refractivity contribution is -0.153. The van der Waals surface area contributed by atoms with E-state index in [1.807, 2.05) is 56.1 Å². The fourth-order valence-electron chi connectivity index (χ4n) is 2.37. The van der Waals surface area contributed by atoms with E-state index in [1.54, 1.807) is 0 Å². The van der Waals surface area contributed by atoms with Gasteiger partial charge >= 0.3 is 5.97 Å². The van der Waals surface area contributed by atoms with Crippen LogP contribution < -0.4 is 0 Å². The van der Waals surface area contributed by atoms with Crippen molar-refractivity contribution >= 4 is 5.97 Å². The molecule has 4 heteroatoms. The quantitative estimate of drug-likeness (QED) is 0.492. The van der Waals surface area contributed by atoms with Crippen LogP contribution in [0.3, 0.4) is 0 Å². The number of rotatable bonds is 10. The number of esters is 1. The molecule has 0 saturated carbocycles. The lowest BCUT2D eigenvalue weighted by atomic mass is 10.0. The second-order valence-electron chi connectivity index (χ2n) is 5.88. The van der Waals surface area contributed by atoms with Gasteiger partial charge in [-0.15, -0.1) is 0 Å². The number of likely N-dealkylation sites (N-methyl/N-ethyl adjacent to an activating group) is 1. The Hall–Kier alpha value is -1.39. The van der Waals surface area contributed by atoms with Crippen molar-refractivity contribution in [3.05, 3.63) is 35.9 Å². The predicted octanol–water partition coefficient (Wildman–Crippen LogP) is 3.11. The molecular weight excluding hydrogens is 278 g/mol. The van der Waals surface area contributed by atoms with Gasteiger partial charge in [0.15, 0.2) is 0 Å². The van der Waals surface area contributed by atoms with Gasteiger partial charge in [0.2, 0.25) is 0 Å². The predicted molar refractivity (Wildman–Crippen MR) is 88.6 cm³/mol.